The molecule has 0 aromatic carbocycles. The Morgan fingerprint density at radius 1 is 1.56 bits per heavy atom. The van der Waals surface area contributed by atoms with Gasteiger partial charge in [0.15, 0.2) is 0 Å². The fourth-order valence-corrected chi connectivity index (χ4v) is 0.866. The molecule has 0 amide bonds. The van der Waals surface area contributed by atoms with E-state index in [1.54, 1.807) is 7.11 Å². The molecule has 1 aliphatic rings. The van der Waals surface area contributed by atoms with Crippen LogP contribution in [-0.2, 0) is 9.47 Å². The summed E-state index contributed by atoms with van der Waals surface area (Å²) < 4.78 is 10.2. The molecule has 9 heavy (non-hydrogen) atoms. The van der Waals surface area contributed by atoms with E-state index in [1.807, 2.05) is 0 Å². The number of rotatable bonds is 1. The van der Waals surface area contributed by atoms with Crippen LogP contribution in [-0.4, -0.2) is 20.3 Å². The number of hydrogen-bond donors (Lipinski definition) is 0. The lowest BCUT2D eigenvalue weighted by Crippen LogP contribution is -1.93. The summed E-state index contributed by atoms with van der Waals surface area (Å²) in [6.07, 6.45) is 4.01. The van der Waals surface area contributed by atoms with Gasteiger partial charge in [0, 0.05) is 6.42 Å². The number of ether oxygens (including phenoxy) is 2. The van der Waals surface area contributed by atoms with Crippen LogP contribution in [0.15, 0.2) is 11.8 Å². The Labute approximate surface area is 55.5 Å². The quantitative estimate of drug-likeness (QED) is 0.530. The predicted octanol–water partition coefficient (Wildman–Crippen LogP) is 1.33. The van der Waals surface area contributed by atoms with E-state index in [9.17, 15) is 0 Å². The molecule has 0 radical (unpaired) electrons. The van der Waals surface area contributed by atoms with Crippen molar-refractivity contribution in [2.45, 2.75) is 12.8 Å². The standard InChI is InChI=1S/C7H12O2/c1-8-7-3-2-5-9-6-4-7/h3H,2,4-6H2,1H3. The highest BCUT2D eigenvalue weighted by atomic mass is 16.5. The van der Waals surface area contributed by atoms with Crippen molar-refractivity contribution < 1.29 is 9.47 Å². The third kappa shape index (κ3) is 2.06. The first kappa shape index (κ1) is 6.62. The molecule has 0 spiro atoms. The molecule has 0 saturated carbocycles. The Kier molecular flexibility index (Phi) is 2.58. The van der Waals surface area contributed by atoms with E-state index in [0.717, 1.165) is 31.8 Å². The van der Waals surface area contributed by atoms with E-state index >= 15 is 0 Å². The van der Waals surface area contributed by atoms with E-state index in [1.165, 1.54) is 0 Å². The molecule has 52 valence electrons. The first-order valence-corrected chi connectivity index (χ1v) is 3.24. The Morgan fingerprint density at radius 2 is 2.44 bits per heavy atom. The van der Waals surface area contributed by atoms with E-state index < -0.39 is 0 Å². The minimum Gasteiger partial charge on any atom is -0.501 e. The fourth-order valence-electron chi connectivity index (χ4n) is 0.866. The highest BCUT2D eigenvalue weighted by molar-refractivity contribution is 4.93. The summed E-state index contributed by atoms with van der Waals surface area (Å²) in [4.78, 5) is 0. The number of methoxy groups -OCH3 is 1. The van der Waals surface area contributed by atoms with Crippen molar-refractivity contribution in [3.63, 3.8) is 0 Å². The van der Waals surface area contributed by atoms with Gasteiger partial charge in [-0.15, -0.1) is 0 Å². The summed E-state index contributed by atoms with van der Waals surface area (Å²) in [5, 5.41) is 0. The van der Waals surface area contributed by atoms with E-state index in [0.29, 0.717) is 0 Å². The Morgan fingerprint density at radius 3 is 3.22 bits per heavy atom. The monoisotopic (exact) mass is 128 g/mol. The molecule has 1 aliphatic heterocycles. The van der Waals surface area contributed by atoms with Gasteiger partial charge < -0.3 is 9.47 Å². The highest BCUT2D eigenvalue weighted by Crippen LogP contribution is 2.07. The molecule has 0 N–H and O–H groups in total. The Hall–Kier alpha value is -0.500. The van der Waals surface area contributed by atoms with Crippen molar-refractivity contribution in [2.75, 3.05) is 20.3 Å². The maximum atomic E-state index is 5.19. The van der Waals surface area contributed by atoms with Gasteiger partial charge in [0.25, 0.3) is 0 Å². The van der Waals surface area contributed by atoms with Gasteiger partial charge in [0.1, 0.15) is 0 Å². The molecule has 0 bridgehead atoms. The lowest BCUT2D eigenvalue weighted by molar-refractivity contribution is 0.138. The van der Waals surface area contributed by atoms with Crippen molar-refractivity contribution in [1.29, 1.82) is 0 Å². The van der Waals surface area contributed by atoms with Crippen LogP contribution in [0.25, 0.3) is 0 Å². The number of hydrogen-bond acceptors (Lipinski definition) is 2. The lowest BCUT2D eigenvalue weighted by Gasteiger charge is -2.00. The molecule has 2 heteroatoms. The second-order valence-corrected chi connectivity index (χ2v) is 2.03. The molecule has 1 heterocycles. The summed E-state index contributed by atoms with van der Waals surface area (Å²) in [7, 11) is 1.71. The minimum absolute atomic E-state index is 0.805. The molecular weight excluding hydrogens is 116 g/mol. The largest absolute Gasteiger partial charge is 0.501 e. The van der Waals surface area contributed by atoms with Crippen LogP contribution in [0, 0.1) is 0 Å². The van der Waals surface area contributed by atoms with Gasteiger partial charge in [-0.3, -0.25) is 0 Å². The normalized spacial score (nSPS) is 20.3. The summed E-state index contributed by atoms with van der Waals surface area (Å²) in [6.45, 7) is 1.65. The lowest BCUT2D eigenvalue weighted by atomic mass is 10.3. The van der Waals surface area contributed by atoms with Gasteiger partial charge in [0.2, 0.25) is 0 Å². The summed E-state index contributed by atoms with van der Waals surface area (Å²) in [6, 6.07) is 0. The topological polar surface area (TPSA) is 18.5 Å². The summed E-state index contributed by atoms with van der Waals surface area (Å²) >= 11 is 0. The van der Waals surface area contributed by atoms with Gasteiger partial charge in [-0.25, -0.2) is 0 Å². The molecule has 1 rings (SSSR count). The molecule has 0 aliphatic carbocycles. The first-order chi connectivity index (χ1) is 4.43. The maximum Gasteiger partial charge on any atom is 0.0939 e. The van der Waals surface area contributed by atoms with Gasteiger partial charge in [-0.05, 0) is 12.5 Å². The van der Waals surface area contributed by atoms with Crippen LogP contribution in [0.4, 0.5) is 0 Å². The van der Waals surface area contributed by atoms with Gasteiger partial charge in [0.05, 0.1) is 26.1 Å². The molecule has 0 fully saturated rings. The van der Waals surface area contributed by atoms with Crippen LogP contribution in [0.2, 0.25) is 0 Å². The second-order valence-electron chi connectivity index (χ2n) is 2.03. The van der Waals surface area contributed by atoms with Crippen LogP contribution in [0.5, 0.6) is 0 Å². The van der Waals surface area contributed by atoms with Crippen molar-refractivity contribution >= 4 is 0 Å². The van der Waals surface area contributed by atoms with Crippen molar-refractivity contribution in [3.8, 4) is 0 Å². The van der Waals surface area contributed by atoms with Crippen LogP contribution >= 0.6 is 0 Å². The van der Waals surface area contributed by atoms with E-state index in [-0.39, 0.29) is 0 Å². The third-order valence-electron chi connectivity index (χ3n) is 1.39. The molecule has 0 aromatic heterocycles. The molecule has 0 aromatic rings. The maximum absolute atomic E-state index is 5.19. The smallest absolute Gasteiger partial charge is 0.0939 e. The third-order valence-corrected chi connectivity index (χ3v) is 1.39. The SMILES string of the molecule is COC1=CCCOCC1. The van der Waals surface area contributed by atoms with Crippen LogP contribution < -0.4 is 0 Å². The zero-order valence-corrected chi connectivity index (χ0v) is 5.72. The molecule has 0 unspecified atom stereocenters. The highest BCUT2D eigenvalue weighted by Gasteiger charge is 1.99. The van der Waals surface area contributed by atoms with Crippen molar-refractivity contribution in [2.24, 2.45) is 0 Å². The zero-order valence-electron chi connectivity index (χ0n) is 5.72. The van der Waals surface area contributed by atoms with Crippen molar-refractivity contribution in [3.05, 3.63) is 11.8 Å². The second kappa shape index (κ2) is 3.51. The molecular formula is C7H12O2. The average molecular weight is 128 g/mol. The van der Waals surface area contributed by atoms with Gasteiger partial charge in [-0.1, -0.05) is 0 Å². The van der Waals surface area contributed by atoms with Crippen LogP contribution in [0.1, 0.15) is 12.8 Å². The fraction of sp³-hybridized carbons (Fsp3) is 0.714. The van der Waals surface area contributed by atoms with Crippen LogP contribution in [0.3, 0.4) is 0 Å². The summed E-state index contributed by atoms with van der Waals surface area (Å²) in [5.41, 5.74) is 0. The zero-order chi connectivity index (χ0) is 6.53. The molecule has 0 atom stereocenters. The predicted molar refractivity (Wildman–Crippen MR) is 35.1 cm³/mol. The molecule has 0 saturated heterocycles. The first-order valence-electron chi connectivity index (χ1n) is 3.24. The Balaban J connectivity index is 2.37. The van der Waals surface area contributed by atoms with E-state index in [4.69, 9.17) is 9.47 Å². The Bertz CT molecular complexity index is 107. The van der Waals surface area contributed by atoms with Gasteiger partial charge >= 0.3 is 0 Å². The molecule has 2 nitrogen and oxygen atoms in total. The van der Waals surface area contributed by atoms with E-state index in [2.05, 4.69) is 6.08 Å². The van der Waals surface area contributed by atoms with Crippen molar-refractivity contribution in [1.82, 2.24) is 0 Å². The van der Waals surface area contributed by atoms with Gasteiger partial charge in [-0.2, -0.15) is 0 Å². The minimum atomic E-state index is 0.805. The average Bonchev–Trinajstić information content (AvgIpc) is 2.13. The summed E-state index contributed by atoms with van der Waals surface area (Å²) in [5.74, 6) is 1.06.